The van der Waals surface area contributed by atoms with Gasteiger partial charge < -0.3 is 9.64 Å². The van der Waals surface area contributed by atoms with Crippen LogP contribution < -0.4 is 4.74 Å². The Labute approximate surface area is 155 Å². The Kier molecular flexibility index (Phi) is 5.44. The molecule has 0 saturated carbocycles. The number of aliphatic imine (C=N–C) groups is 1. The van der Waals surface area contributed by atoms with Gasteiger partial charge >= 0.3 is 0 Å². The highest BCUT2D eigenvalue weighted by molar-refractivity contribution is 6.03. The van der Waals surface area contributed by atoms with E-state index in [0.29, 0.717) is 30.2 Å². The molecule has 1 aliphatic heterocycles. The van der Waals surface area contributed by atoms with Crippen LogP contribution in [-0.2, 0) is 13.2 Å². The summed E-state index contributed by atoms with van der Waals surface area (Å²) in [7, 11) is 0. The Morgan fingerprint density at radius 1 is 1.37 bits per heavy atom. The van der Waals surface area contributed by atoms with Crippen LogP contribution in [0.3, 0.4) is 0 Å². The van der Waals surface area contributed by atoms with Crippen molar-refractivity contribution in [3.05, 3.63) is 72.7 Å². The van der Waals surface area contributed by atoms with E-state index in [1.807, 2.05) is 0 Å². The minimum atomic E-state index is -0.703. The van der Waals surface area contributed by atoms with Gasteiger partial charge in [0.15, 0.2) is 0 Å². The maximum absolute atomic E-state index is 13.5. The third-order valence-electron chi connectivity index (χ3n) is 4.00. The van der Waals surface area contributed by atoms with Crippen LogP contribution >= 0.6 is 0 Å². The highest BCUT2D eigenvalue weighted by atomic mass is 19.1. The maximum atomic E-state index is 13.5. The molecule has 0 radical (unpaired) electrons. The van der Waals surface area contributed by atoms with Gasteiger partial charge in [0.25, 0.3) is 5.91 Å². The first kappa shape index (κ1) is 18.5. The van der Waals surface area contributed by atoms with Crippen molar-refractivity contribution in [1.82, 2.24) is 14.7 Å². The van der Waals surface area contributed by atoms with Crippen molar-refractivity contribution in [2.45, 2.75) is 13.2 Å². The second-order valence-corrected chi connectivity index (χ2v) is 5.88. The van der Waals surface area contributed by atoms with E-state index in [9.17, 15) is 13.6 Å². The van der Waals surface area contributed by atoms with Crippen molar-refractivity contribution < 1.29 is 18.3 Å². The minimum Gasteiger partial charge on any atom is -0.487 e. The molecule has 27 heavy (non-hydrogen) atoms. The monoisotopic (exact) mass is 372 g/mol. The molecule has 8 heteroatoms. The van der Waals surface area contributed by atoms with Crippen molar-refractivity contribution in [1.29, 1.82) is 0 Å². The first-order chi connectivity index (χ1) is 13.0. The zero-order valence-corrected chi connectivity index (χ0v) is 14.6. The molecule has 0 unspecified atom stereocenters. The summed E-state index contributed by atoms with van der Waals surface area (Å²) in [6.07, 6.45) is 1.21. The van der Waals surface area contributed by atoms with E-state index < -0.39 is 11.6 Å². The van der Waals surface area contributed by atoms with Crippen LogP contribution in [0.15, 0.2) is 60.5 Å². The molecule has 6 nitrogen and oxygen atoms in total. The summed E-state index contributed by atoms with van der Waals surface area (Å²) in [5.41, 5.74) is 0.974. The van der Waals surface area contributed by atoms with Gasteiger partial charge in [-0.1, -0.05) is 19.2 Å². The van der Waals surface area contributed by atoms with Gasteiger partial charge in [0, 0.05) is 18.8 Å². The van der Waals surface area contributed by atoms with Crippen LogP contribution in [-0.4, -0.2) is 39.4 Å². The van der Waals surface area contributed by atoms with E-state index in [-0.39, 0.29) is 24.8 Å². The third-order valence-corrected chi connectivity index (χ3v) is 4.00. The van der Waals surface area contributed by atoms with E-state index >= 15 is 0 Å². The summed E-state index contributed by atoms with van der Waals surface area (Å²) < 4.78 is 33.7. The molecule has 2 aromatic rings. The summed E-state index contributed by atoms with van der Waals surface area (Å²) in [5.74, 6) is -1.01. The van der Waals surface area contributed by atoms with Crippen LogP contribution in [0.2, 0.25) is 0 Å². The molecule has 2 heterocycles. The number of nitrogens with zero attached hydrogens (tertiary/aromatic N) is 4. The largest absolute Gasteiger partial charge is 0.487 e. The number of hydrogen-bond donors (Lipinski definition) is 0. The fourth-order valence-electron chi connectivity index (χ4n) is 2.71. The van der Waals surface area contributed by atoms with Crippen molar-refractivity contribution in [2.75, 3.05) is 13.1 Å². The molecular weight excluding hydrogens is 354 g/mol. The van der Waals surface area contributed by atoms with Crippen LogP contribution in [0, 0.1) is 5.82 Å². The highest BCUT2D eigenvalue weighted by Crippen LogP contribution is 2.18. The number of amides is 1. The maximum Gasteiger partial charge on any atom is 0.272 e. The minimum absolute atomic E-state index is 0.000488. The predicted molar refractivity (Wildman–Crippen MR) is 96.7 cm³/mol. The zero-order valence-electron chi connectivity index (χ0n) is 14.6. The van der Waals surface area contributed by atoms with Gasteiger partial charge in [0.2, 0.25) is 0 Å². The molecule has 0 saturated heterocycles. The predicted octanol–water partition coefficient (Wildman–Crippen LogP) is 3.12. The van der Waals surface area contributed by atoms with Crippen molar-refractivity contribution in [3.8, 4) is 5.75 Å². The summed E-state index contributed by atoms with van der Waals surface area (Å²) in [6, 6.07) is 7.39. The standard InChI is InChI=1S/C19H18F2N4O2/c1-3-22-17(13(2)20)11-24-7-8-25-18(19(24)26)10-15(23-25)12-27-16-6-4-5-14(21)9-16/h3-6,9-10H,1-2,7-8,11-12H2. The van der Waals surface area contributed by atoms with Gasteiger partial charge in [0.1, 0.15) is 35.4 Å². The summed E-state index contributed by atoms with van der Waals surface area (Å²) in [5, 5.41) is 4.34. The van der Waals surface area contributed by atoms with Crippen LogP contribution in [0.1, 0.15) is 16.2 Å². The Morgan fingerprint density at radius 2 is 2.19 bits per heavy atom. The molecule has 0 aliphatic carbocycles. The quantitative estimate of drug-likeness (QED) is 0.702. The Morgan fingerprint density at radius 3 is 2.89 bits per heavy atom. The smallest absolute Gasteiger partial charge is 0.272 e. The molecule has 0 bridgehead atoms. The molecule has 1 aromatic heterocycles. The van der Waals surface area contributed by atoms with E-state index in [0.717, 1.165) is 0 Å². The molecule has 0 atom stereocenters. The molecular formula is C19H18F2N4O2. The van der Waals surface area contributed by atoms with Gasteiger partial charge in [0.05, 0.1) is 18.8 Å². The summed E-state index contributed by atoms with van der Waals surface area (Å²) in [6.45, 7) is 7.58. The Balaban J connectivity index is 1.70. The molecule has 140 valence electrons. The number of halogens is 2. The summed E-state index contributed by atoms with van der Waals surface area (Å²) >= 11 is 0. The van der Waals surface area contributed by atoms with Crippen molar-refractivity contribution >= 4 is 11.6 Å². The molecule has 0 N–H and O–H groups in total. The number of aromatic nitrogens is 2. The Hall–Kier alpha value is -3.29. The Bertz CT molecular complexity index is 920. The number of hydrogen-bond acceptors (Lipinski definition) is 4. The first-order valence-corrected chi connectivity index (χ1v) is 8.24. The number of carbonyl (C=O) groups is 1. The van der Waals surface area contributed by atoms with Gasteiger partial charge in [-0.3, -0.25) is 14.5 Å². The normalized spacial score (nSPS) is 14.1. The first-order valence-electron chi connectivity index (χ1n) is 8.24. The summed E-state index contributed by atoms with van der Waals surface area (Å²) in [4.78, 5) is 17.9. The molecule has 0 spiro atoms. The third kappa shape index (κ3) is 4.28. The second-order valence-electron chi connectivity index (χ2n) is 5.88. The van der Waals surface area contributed by atoms with E-state index in [2.05, 4.69) is 23.2 Å². The number of ether oxygens (including phenoxy) is 1. The molecule has 1 aromatic carbocycles. The van der Waals surface area contributed by atoms with Gasteiger partial charge in [-0.05, 0) is 18.2 Å². The fraction of sp³-hybridized carbons (Fsp3) is 0.211. The lowest BCUT2D eigenvalue weighted by Gasteiger charge is -2.27. The topological polar surface area (TPSA) is 59.7 Å². The SMILES string of the molecule is C=CN=C(CN1CCn2nc(COc3cccc(F)c3)cc2C1=O)C(=C)F. The second kappa shape index (κ2) is 7.94. The number of rotatable bonds is 7. The van der Waals surface area contributed by atoms with E-state index in [1.54, 1.807) is 22.9 Å². The fourth-order valence-corrected chi connectivity index (χ4v) is 2.71. The van der Waals surface area contributed by atoms with E-state index in [4.69, 9.17) is 4.74 Å². The molecule has 1 amide bonds. The lowest BCUT2D eigenvalue weighted by molar-refractivity contribution is 0.0725. The lowest BCUT2D eigenvalue weighted by atomic mass is 10.2. The highest BCUT2D eigenvalue weighted by Gasteiger charge is 2.27. The number of fused-ring (bicyclic) bond motifs is 1. The number of carbonyl (C=O) groups excluding carboxylic acids is 1. The lowest BCUT2D eigenvalue weighted by Crippen LogP contribution is -2.43. The zero-order chi connectivity index (χ0) is 19.4. The van der Waals surface area contributed by atoms with Gasteiger partial charge in [-0.2, -0.15) is 5.10 Å². The molecule has 1 aliphatic rings. The average molecular weight is 372 g/mol. The average Bonchev–Trinajstić information content (AvgIpc) is 3.06. The van der Waals surface area contributed by atoms with Crippen molar-refractivity contribution in [3.63, 3.8) is 0 Å². The van der Waals surface area contributed by atoms with Gasteiger partial charge in [-0.25, -0.2) is 8.78 Å². The van der Waals surface area contributed by atoms with Crippen LogP contribution in [0.25, 0.3) is 0 Å². The molecule has 3 rings (SSSR count). The number of benzene rings is 1. The van der Waals surface area contributed by atoms with E-state index in [1.165, 1.54) is 23.2 Å². The van der Waals surface area contributed by atoms with Crippen LogP contribution in [0.5, 0.6) is 5.75 Å². The van der Waals surface area contributed by atoms with Crippen LogP contribution in [0.4, 0.5) is 8.78 Å². The molecule has 0 fully saturated rings. The van der Waals surface area contributed by atoms with Gasteiger partial charge in [-0.15, -0.1) is 0 Å². The van der Waals surface area contributed by atoms with Crippen molar-refractivity contribution in [2.24, 2.45) is 4.99 Å².